The zero-order valence-corrected chi connectivity index (χ0v) is 13.3. The molecule has 0 fully saturated rings. The molecule has 4 rings (SSSR count). The fourth-order valence-electron chi connectivity index (χ4n) is 3.04. The number of carbonyl (C=O) groups excluding carboxylic acids is 1. The van der Waals surface area contributed by atoms with Gasteiger partial charge in [0, 0.05) is 28.5 Å². The van der Waals surface area contributed by atoms with Gasteiger partial charge in [-0.25, -0.2) is 9.07 Å². The van der Waals surface area contributed by atoms with Crippen LogP contribution < -0.4 is 5.32 Å². The smallest absolute Gasteiger partial charge is 0.226 e. The predicted octanol–water partition coefficient (Wildman–Crippen LogP) is 3.79. The molecule has 0 saturated heterocycles. The lowest BCUT2D eigenvalue weighted by atomic mass is 9.87. The van der Waals surface area contributed by atoms with Gasteiger partial charge in [-0.2, -0.15) is 5.10 Å². The molecular formula is C17H13ClFN3O2. The maximum atomic E-state index is 14.3. The van der Waals surface area contributed by atoms with E-state index in [0.717, 1.165) is 5.56 Å². The van der Waals surface area contributed by atoms with Gasteiger partial charge in [0.15, 0.2) is 0 Å². The molecule has 1 N–H and O–H groups in total. The maximum Gasteiger partial charge on any atom is 0.226 e. The van der Waals surface area contributed by atoms with Crippen molar-refractivity contribution >= 4 is 23.3 Å². The number of nitrogens with zero attached hydrogens (tertiary/aromatic N) is 2. The minimum Gasteiger partial charge on any atom is -0.467 e. The quantitative estimate of drug-likeness (QED) is 0.785. The van der Waals surface area contributed by atoms with Crippen LogP contribution in [-0.4, -0.2) is 15.7 Å². The number of anilines is 1. The number of hydrogen-bond acceptors (Lipinski definition) is 3. The summed E-state index contributed by atoms with van der Waals surface area (Å²) in [6.07, 6.45) is 3.34. The Balaban J connectivity index is 1.78. The Bertz CT molecular complexity index is 884. The van der Waals surface area contributed by atoms with Crippen molar-refractivity contribution in [1.82, 2.24) is 9.78 Å². The summed E-state index contributed by atoms with van der Waals surface area (Å²) in [6.45, 7) is 0.375. The number of benzene rings is 1. The van der Waals surface area contributed by atoms with E-state index < -0.39 is 11.7 Å². The molecule has 0 unspecified atom stereocenters. The summed E-state index contributed by atoms with van der Waals surface area (Å²) in [7, 11) is 0. The second-order valence-corrected chi connectivity index (χ2v) is 6.03. The third kappa shape index (κ3) is 2.49. The molecule has 0 spiro atoms. The van der Waals surface area contributed by atoms with E-state index in [-0.39, 0.29) is 12.3 Å². The maximum absolute atomic E-state index is 14.3. The van der Waals surface area contributed by atoms with Crippen molar-refractivity contribution < 1.29 is 13.6 Å². The number of furan rings is 1. The number of halogens is 2. The summed E-state index contributed by atoms with van der Waals surface area (Å²) in [5.74, 6) is 0.168. The molecule has 3 aromatic rings. The number of amides is 1. The fraction of sp³-hybridized carbons (Fsp3) is 0.176. The van der Waals surface area contributed by atoms with E-state index in [1.54, 1.807) is 35.3 Å². The van der Waals surface area contributed by atoms with E-state index in [2.05, 4.69) is 10.4 Å². The topological polar surface area (TPSA) is 60.1 Å². The van der Waals surface area contributed by atoms with Crippen molar-refractivity contribution in [3.63, 3.8) is 0 Å². The van der Waals surface area contributed by atoms with Crippen molar-refractivity contribution in [3.05, 3.63) is 70.5 Å². The summed E-state index contributed by atoms with van der Waals surface area (Å²) < 4.78 is 21.3. The van der Waals surface area contributed by atoms with Crippen LogP contribution in [0.1, 0.15) is 29.2 Å². The van der Waals surface area contributed by atoms with Crippen LogP contribution in [0.5, 0.6) is 0 Å². The van der Waals surface area contributed by atoms with E-state index >= 15 is 0 Å². The fourth-order valence-corrected chi connectivity index (χ4v) is 3.34. The van der Waals surface area contributed by atoms with E-state index in [0.29, 0.717) is 28.7 Å². The molecule has 1 aromatic carbocycles. The molecule has 5 nitrogen and oxygen atoms in total. The van der Waals surface area contributed by atoms with Gasteiger partial charge >= 0.3 is 0 Å². The summed E-state index contributed by atoms with van der Waals surface area (Å²) >= 11 is 6.19. The van der Waals surface area contributed by atoms with Crippen LogP contribution in [0.3, 0.4) is 0 Å². The normalized spacial score (nSPS) is 16.8. The molecule has 122 valence electrons. The van der Waals surface area contributed by atoms with Crippen molar-refractivity contribution in [2.24, 2.45) is 0 Å². The summed E-state index contributed by atoms with van der Waals surface area (Å²) in [4.78, 5) is 12.1. The van der Waals surface area contributed by atoms with Crippen LogP contribution in [0.4, 0.5) is 10.2 Å². The average molecular weight is 346 g/mol. The van der Waals surface area contributed by atoms with Crippen LogP contribution in [0, 0.1) is 5.82 Å². The highest BCUT2D eigenvalue weighted by atomic mass is 35.5. The van der Waals surface area contributed by atoms with Crippen LogP contribution in [0.2, 0.25) is 5.02 Å². The Labute approximate surface area is 142 Å². The van der Waals surface area contributed by atoms with E-state index in [4.69, 9.17) is 16.0 Å². The Hall–Kier alpha value is -2.60. The summed E-state index contributed by atoms with van der Waals surface area (Å²) in [6, 6.07) is 8.13. The van der Waals surface area contributed by atoms with Crippen LogP contribution in [0.25, 0.3) is 0 Å². The van der Waals surface area contributed by atoms with Gasteiger partial charge in [-0.3, -0.25) is 4.79 Å². The molecule has 3 heterocycles. The predicted molar refractivity (Wildman–Crippen MR) is 86.5 cm³/mol. The van der Waals surface area contributed by atoms with Gasteiger partial charge in [-0.05, 0) is 24.3 Å². The van der Waals surface area contributed by atoms with Gasteiger partial charge in [0.25, 0.3) is 0 Å². The van der Waals surface area contributed by atoms with Gasteiger partial charge < -0.3 is 9.73 Å². The minimum absolute atomic E-state index is 0.125. The van der Waals surface area contributed by atoms with Gasteiger partial charge in [-0.1, -0.05) is 17.7 Å². The van der Waals surface area contributed by atoms with Crippen LogP contribution in [0.15, 0.2) is 47.2 Å². The third-order valence-electron chi connectivity index (χ3n) is 4.12. The first-order chi connectivity index (χ1) is 11.6. The summed E-state index contributed by atoms with van der Waals surface area (Å²) in [5.41, 5.74) is 1.07. The molecule has 1 aliphatic heterocycles. The number of carbonyl (C=O) groups is 1. The van der Waals surface area contributed by atoms with Crippen molar-refractivity contribution in [2.75, 3.05) is 5.32 Å². The first-order valence-electron chi connectivity index (χ1n) is 7.45. The Morgan fingerprint density at radius 1 is 1.38 bits per heavy atom. The van der Waals surface area contributed by atoms with Gasteiger partial charge in [0.1, 0.15) is 23.9 Å². The molecule has 24 heavy (non-hydrogen) atoms. The molecule has 1 amide bonds. The lowest BCUT2D eigenvalue weighted by Crippen LogP contribution is -2.25. The first kappa shape index (κ1) is 15.0. The molecule has 0 saturated carbocycles. The number of rotatable bonds is 3. The van der Waals surface area contributed by atoms with Gasteiger partial charge in [0.2, 0.25) is 5.91 Å². The van der Waals surface area contributed by atoms with Crippen molar-refractivity contribution in [3.8, 4) is 0 Å². The van der Waals surface area contributed by atoms with Crippen LogP contribution >= 0.6 is 11.6 Å². The van der Waals surface area contributed by atoms with Crippen LogP contribution in [-0.2, 0) is 11.3 Å². The second-order valence-electron chi connectivity index (χ2n) is 5.63. The zero-order chi connectivity index (χ0) is 16.7. The molecule has 1 aliphatic rings. The number of hydrogen-bond donors (Lipinski definition) is 1. The minimum atomic E-state index is -0.465. The molecule has 7 heteroatoms. The monoisotopic (exact) mass is 345 g/mol. The molecule has 0 aliphatic carbocycles. The highest BCUT2D eigenvalue weighted by Crippen LogP contribution is 2.40. The highest BCUT2D eigenvalue weighted by Gasteiger charge is 2.32. The SMILES string of the molecule is O=C1C[C@@H](c2c(F)cccc2Cl)c2cnn(Cc3ccco3)c2N1. The van der Waals surface area contributed by atoms with E-state index in [1.165, 1.54) is 6.07 Å². The molecule has 0 radical (unpaired) electrons. The lowest BCUT2D eigenvalue weighted by Gasteiger charge is -2.24. The lowest BCUT2D eigenvalue weighted by molar-refractivity contribution is -0.116. The molecule has 2 aromatic heterocycles. The second kappa shape index (κ2) is 5.79. The first-order valence-corrected chi connectivity index (χ1v) is 7.83. The summed E-state index contributed by atoms with van der Waals surface area (Å²) in [5, 5.41) is 7.44. The molecule has 1 atom stereocenters. The number of nitrogens with one attached hydrogen (secondary N) is 1. The highest BCUT2D eigenvalue weighted by molar-refractivity contribution is 6.31. The third-order valence-corrected chi connectivity index (χ3v) is 4.45. The number of fused-ring (bicyclic) bond motifs is 1. The van der Waals surface area contributed by atoms with Crippen molar-refractivity contribution in [2.45, 2.75) is 18.9 Å². The van der Waals surface area contributed by atoms with Gasteiger partial charge in [0.05, 0.1) is 12.5 Å². The van der Waals surface area contributed by atoms with Gasteiger partial charge in [-0.15, -0.1) is 0 Å². The Morgan fingerprint density at radius 3 is 3.00 bits per heavy atom. The van der Waals surface area contributed by atoms with Crippen molar-refractivity contribution in [1.29, 1.82) is 0 Å². The standard InChI is InChI=1S/C17H13ClFN3O2/c18-13-4-1-5-14(19)16(13)11-7-15(23)21-17-12(11)8-20-22(17)9-10-3-2-6-24-10/h1-6,8,11H,7,9H2,(H,21,23)/t11-/m1/s1. The van der Waals surface area contributed by atoms with E-state index in [9.17, 15) is 9.18 Å². The van der Waals surface area contributed by atoms with E-state index in [1.807, 2.05) is 6.07 Å². The molecular weight excluding hydrogens is 333 g/mol. The largest absolute Gasteiger partial charge is 0.467 e. The molecule has 0 bridgehead atoms. The number of aromatic nitrogens is 2. The Kier molecular flexibility index (Phi) is 3.61. The Morgan fingerprint density at radius 2 is 2.25 bits per heavy atom. The average Bonchev–Trinajstić information content (AvgIpc) is 3.18. The zero-order valence-electron chi connectivity index (χ0n) is 12.5.